The van der Waals surface area contributed by atoms with E-state index in [1.165, 1.54) is 4.88 Å². The van der Waals surface area contributed by atoms with Gasteiger partial charge in [0.2, 0.25) is 0 Å². The van der Waals surface area contributed by atoms with Crippen LogP contribution >= 0.6 is 11.3 Å². The van der Waals surface area contributed by atoms with Gasteiger partial charge in [-0.3, -0.25) is 4.79 Å². The van der Waals surface area contributed by atoms with Crippen molar-refractivity contribution in [3.8, 4) is 11.5 Å². The number of ether oxygens (including phenoxy) is 2. The monoisotopic (exact) mass is 421 g/mol. The second-order valence-corrected chi connectivity index (χ2v) is 8.40. The van der Waals surface area contributed by atoms with E-state index in [9.17, 15) is 9.59 Å². The Morgan fingerprint density at radius 1 is 1.10 bits per heavy atom. The predicted molar refractivity (Wildman–Crippen MR) is 117 cm³/mol. The third-order valence-electron chi connectivity index (χ3n) is 5.09. The Kier molecular flexibility index (Phi) is 6.14. The fourth-order valence-electron chi connectivity index (χ4n) is 3.52. The molecule has 0 bridgehead atoms. The number of carbonyl (C=O) groups is 2. The van der Waals surface area contributed by atoms with E-state index in [-0.39, 0.29) is 6.61 Å². The maximum atomic E-state index is 12.5. The van der Waals surface area contributed by atoms with E-state index in [2.05, 4.69) is 12.2 Å². The number of nitrogens with one attached hydrogen (secondary N) is 1. The van der Waals surface area contributed by atoms with Gasteiger partial charge in [0.15, 0.2) is 12.4 Å². The van der Waals surface area contributed by atoms with E-state index < -0.39 is 11.9 Å². The Morgan fingerprint density at radius 2 is 1.87 bits per heavy atom. The van der Waals surface area contributed by atoms with Gasteiger partial charge >= 0.3 is 5.97 Å². The lowest BCUT2D eigenvalue weighted by Gasteiger charge is -2.18. The lowest BCUT2D eigenvalue weighted by molar-refractivity contribution is -0.119. The van der Waals surface area contributed by atoms with Crippen molar-refractivity contribution in [1.29, 1.82) is 0 Å². The average Bonchev–Trinajstić information content (AvgIpc) is 3.17. The van der Waals surface area contributed by atoms with Crippen molar-refractivity contribution in [3.05, 3.63) is 76.0 Å². The molecule has 1 aromatic heterocycles. The molecule has 4 rings (SSSR count). The van der Waals surface area contributed by atoms with Gasteiger partial charge in [-0.2, -0.15) is 0 Å². The van der Waals surface area contributed by atoms with Crippen LogP contribution in [0.3, 0.4) is 0 Å². The zero-order valence-corrected chi connectivity index (χ0v) is 17.5. The molecule has 1 N–H and O–H groups in total. The van der Waals surface area contributed by atoms with Gasteiger partial charge in [0, 0.05) is 10.3 Å². The second-order valence-electron chi connectivity index (χ2n) is 7.43. The van der Waals surface area contributed by atoms with Crippen LogP contribution in [0, 0.1) is 5.92 Å². The molecular weight excluding hydrogens is 398 g/mol. The Labute approximate surface area is 179 Å². The summed E-state index contributed by atoms with van der Waals surface area (Å²) < 4.78 is 11.1. The molecule has 1 unspecified atom stereocenters. The molecule has 1 atom stereocenters. The number of fused-ring (bicyclic) bond motifs is 1. The Morgan fingerprint density at radius 3 is 2.70 bits per heavy atom. The SMILES string of the molecule is CC1CCc2c(C(=O)OCC(=O)Nc3ccccc3Oc3ccccc3)csc2C1. The van der Waals surface area contributed by atoms with Crippen LogP contribution in [0.25, 0.3) is 0 Å². The summed E-state index contributed by atoms with van der Waals surface area (Å²) in [5.41, 5.74) is 2.21. The van der Waals surface area contributed by atoms with Crippen LogP contribution in [0.1, 0.15) is 34.1 Å². The number of carbonyl (C=O) groups excluding carboxylic acids is 2. The molecule has 1 heterocycles. The van der Waals surface area contributed by atoms with Crippen molar-refractivity contribution < 1.29 is 19.1 Å². The summed E-state index contributed by atoms with van der Waals surface area (Å²) in [6, 6.07) is 16.5. The number of hydrogen-bond acceptors (Lipinski definition) is 5. The topological polar surface area (TPSA) is 64.6 Å². The molecule has 154 valence electrons. The number of hydrogen-bond donors (Lipinski definition) is 1. The van der Waals surface area contributed by atoms with Crippen LogP contribution in [-0.2, 0) is 22.4 Å². The quantitative estimate of drug-likeness (QED) is 0.537. The van der Waals surface area contributed by atoms with Crippen LogP contribution in [0.5, 0.6) is 11.5 Å². The van der Waals surface area contributed by atoms with Crippen molar-refractivity contribution in [2.24, 2.45) is 5.92 Å². The molecule has 30 heavy (non-hydrogen) atoms. The Hall–Kier alpha value is -3.12. The van der Waals surface area contributed by atoms with Gasteiger partial charge in [0.1, 0.15) is 5.75 Å². The number of amides is 1. The van der Waals surface area contributed by atoms with E-state index in [1.54, 1.807) is 29.5 Å². The molecule has 1 aliphatic carbocycles. The number of esters is 1. The molecule has 0 spiro atoms. The standard InChI is InChI=1S/C24H23NO4S/c1-16-11-12-18-19(15-30-22(18)13-16)24(27)28-14-23(26)25-20-9-5-6-10-21(20)29-17-7-3-2-4-8-17/h2-10,15-16H,11-14H2,1H3,(H,25,26). The lowest BCUT2D eigenvalue weighted by atomic mass is 9.88. The molecule has 2 aromatic carbocycles. The summed E-state index contributed by atoms with van der Waals surface area (Å²) in [4.78, 5) is 26.1. The van der Waals surface area contributed by atoms with Crippen molar-refractivity contribution in [1.82, 2.24) is 0 Å². The molecule has 1 amide bonds. The van der Waals surface area contributed by atoms with Crippen LogP contribution in [-0.4, -0.2) is 18.5 Å². The molecule has 0 saturated carbocycles. The van der Waals surface area contributed by atoms with Crippen LogP contribution in [0.2, 0.25) is 0 Å². The number of thiophene rings is 1. The van der Waals surface area contributed by atoms with Crippen LogP contribution in [0.15, 0.2) is 60.0 Å². The first-order valence-electron chi connectivity index (χ1n) is 9.98. The molecule has 6 heteroatoms. The third-order valence-corrected chi connectivity index (χ3v) is 6.14. The van der Waals surface area contributed by atoms with Crippen molar-refractivity contribution in [2.45, 2.75) is 26.2 Å². The highest BCUT2D eigenvalue weighted by Gasteiger charge is 2.24. The lowest BCUT2D eigenvalue weighted by Crippen LogP contribution is -2.22. The summed E-state index contributed by atoms with van der Waals surface area (Å²) in [7, 11) is 0. The molecular formula is C24H23NO4S. The minimum absolute atomic E-state index is 0.348. The van der Waals surface area contributed by atoms with Crippen LogP contribution < -0.4 is 10.1 Å². The highest BCUT2D eigenvalue weighted by Crippen LogP contribution is 2.33. The average molecular weight is 422 g/mol. The molecule has 5 nitrogen and oxygen atoms in total. The Bertz CT molecular complexity index is 1040. The van der Waals surface area contributed by atoms with Gasteiger partial charge in [-0.15, -0.1) is 11.3 Å². The first-order valence-corrected chi connectivity index (χ1v) is 10.9. The fourth-order valence-corrected chi connectivity index (χ4v) is 4.75. The van der Waals surface area contributed by atoms with Gasteiger partial charge in [0.05, 0.1) is 11.3 Å². The Balaban J connectivity index is 1.36. The number of anilines is 1. The maximum Gasteiger partial charge on any atom is 0.339 e. The normalized spacial score (nSPS) is 15.2. The van der Waals surface area contributed by atoms with Crippen molar-refractivity contribution in [3.63, 3.8) is 0 Å². The first kappa shape index (κ1) is 20.2. The fraction of sp³-hybridized carbons (Fsp3) is 0.250. The summed E-state index contributed by atoms with van der Waals surface area (Å²) in [6.07, 6.45) is 2.97. The predicted octanol–water partition coefficient (Wildman–Crippen LogP) is 5.46. The number of benzene rings is 2. The molecule has 0 saturated heterocycles. The highest BCUT2D eigenvalue weighted by atomic mass is 32.1. The van der Waals surface area contributed by atoms with E-state index >= 15 is 0 Å². The van der Waals surface area contributed by atoms with Crippen molar-refractivity contribution in [2.75, 3.05) is 11.9 Å². The van der Waals surface area contributed by atoms with E-state index in [4.69, 9.17) is 9.47 Å². The first-order chi connectivity index (χ1) is 14.6. The van der Waals surface area contributed by atoms with Crippen LogP contribution in [0.4, 0.5) is 5.69 Å². The summed E-state index contributed by atoms with van der Waals surface area (Å²) >= 11 is 1.61. The molecule has 0 radical (unpaired) electrons. The molecule has 1 aliphatic rings. The minimum atomic E-state index is -0.439. The summed E-state index contributed by atoms with van der Waals surface area (Å²) in [6.45, 7) is 1.88. The minimum Gasteiger partial charge on any atom is -0.455 e. The van der Waals surface area contributed by atoms with Gasteiger partial charge in [-0.1, -0.05) is 37.3 Å². The second kappa shape index (κ2) is 9.13. The number of para-hydroxylation sites is 3. The van der Waals surface area contributed by atoms with Gasteiger partial charge in [-0.25, -0.2) is 4.79 Å². The summed E-state index contributed by atoms with van der Waals surface area (Å²) in [5, 5.41) is 4.61. The van der Waals surface area contributed by atoms with E-state index in [0.29, 0.717) is 28.7 Å². The van der Waals surface area contributed by atoms with Crippen molar-refractivity contribution >= 4 is 28.9 Å². The maximum absolute atomic E-state index is 12.5. The van der Waals surface area contributed by atoms with Gasteiger partial charge < -0.3 is 14.8 Å². The van der Waals surface area contributed by atoms with E-state index in [0.717, 1.165) is 24.8 Å². The molecule has 3 aromatic rings. The number of rotatable bonds is 6. The largest absolute Gasteiger partial charge is 0.455 e. The third kappa shape index (κ3) is 4.71. The zero-order chi connectivity index (χ0) is 20.9. The van der Waals surface area contributed by atoms with Gasteiger partial charge in [0.25, 0.3) is 5.91 Å². The molecule has 0 fully saturated rings. The zero-order valence-electron chi connectivity index (χ0n) is 16.7. The highest BCUT2D eigenvalue weighted by molar-refractivity contribution is 7.10. The molecule has 0 aliphatic heterocycles. The summed E-state index contributed by atoms with van der Waals surface area (Å²) in [5.74, 6) is 0.978. The smallest absolute Gasteiger partial charge is 0.339 e. The van der Waals surface area contributed by atoms with E-state index in [1.807, 2.05) is 41.8 Å². The van der Waals surface area contributed by atoms with Gasteiger partial charge in [-0.05, 0) is 55.0 Å².